The van der Waals surface area contributed by atoms with Gasteiger partial charge in [-0.15, -0.1) is 0 Å². The summed E-state index contributed by atoms with van der Waals surface area (Å²) in [4.78, 5) is 4.05. The van der Waals surface area contributed by atoms with Gasteiger partial charge in [0.15, 0.2) is 11.6 Å². The summed E-state index contributed by atoms with van der Waals surface area (Å²) < 4.78 is 14.4. The number of aromatic nitrogens is 1. The van der Waals surface area contributed by atoms with E-state index >= 15 is 0 Å². The molecule has 2 rings (SSSR count). The van der Waals surface area contributed by atoms with Crippen molar-refractivity contribution in [3.8, 4) is 0 Å². The van der Waals surface area contributed by atoms with Crippen LogP contribution in [0.5, 0.6) is 0 Å². The third-order valence-corrected chi connectivity index (χ3v) is 3.14. The molecule has 0 amide bonds. The fourth-order valence-corrected chi connectivity index (χ4v) is 1.86. The second kappa shape index (κ2) is 6.41. The second-order valence-electron chi connectivity index (χ2n) is 5.87. The Bertz CT molecular complexity index is 606. The van der Waals surface area contributed by atoms with Gasteiger partial charge in [0.25, 0.3) is 0 Å². The molecule has 0 saturated carbocycles. The van der Waals surface area contributed by atoms with Crippen molar-refractivity contribution in [2.75, 3.05) is 5.32 Å². The third kappa shape index (κ3) is 4.69. The van der Waals surface area contributed by atoms with E-state index in [0.717, 1.165) is 5.69 Å². The number of halogens is 2. The summed E-state index contributed by atoms with van der Waals surface area (Å²) >= 11 is 5.83. The number of pyridine rings is 1. The van der Waals surface area contributed by atoms with E-state index in [1.54, 1.807) is 36.5 Å². The monoisotopic (exact) mass is 307 g/mol. The van der Waals surface area contributed by atoms with Gasteiger partial charge in [-0.3, -0.25) is 0 Å². The van der Waals surface area contributed by atoms with Crippen LogP contribution >= 0.6 is 11.6 Å². The molecule has 1 heterocycles. The van der Waals surface area contributed by atoms with Crippen LogP contribution in [0.15, 0.2) is 36.5 Å². The smallest absolute Gasteiger partial charge is 0.170 e. The Morgan fingerprint density at radius 3 is 2.43 bits per heavy atom. The highest BCUT2D eigenvalue weighted by molar-refractivity contribution is 6.30. The number of benzene rings is 1. The van der Waals surface area contributed by atoms with Gasteiger partial charge < -0.3 is 10.6 Å². The van der Waals surface area contributed by atoms with Crippen LogP contribution in [0.2, 0.25) is 5.02 Å². The lowest BCUT2D eigenvalue weighted by molar-refractivity contribution is 0.418. The molecule has 1 aromatic carbocycles. The molecule has 5 heteroatoms. The molecule has 0 fully saturated rings. The second-order valence-corrected chi connectivity index (χ2v) is 6.30. The lowest BCUT2D eigenvalue weighted by Crippen LogP contribution is -2.35. The summed E-state index contributed by atoms with van der Waals surface area (Å²) in [7, 11) is 0. The number of nitrogens with one attached hydrogen (secondary N) is 2. The molecule has 2 aromatic rings. The van der Waals surface area contributed by atoms with Crippen LogP contribution in [-0.2, 0) is 6.54 Å². The van der Waals surface area contributed by atoms with Crippen LogP contribution < -0.4 is 10.6 Å². The van der Waals surface area contributed by atoms with Gasteiger partial charge in [-0.25, -0.2) is 9.37 Å². The molecule has 0 bridgehead atoms. The molecule has 0 unspecified atom stereocenters. The third-order valence-electron chi connectivity index (χ3n) is 2.89. The molecule has 0 aliphatic heterocycles. The maximum Gasteiger partial charge on any atom is 0.170 e. The number of hydrogen-bond acceptors (Lipinski definition) is 3. The summed E-state index contributed by atoms with van der Waals surface area (Å²) in [6.45, 7) is 6.57. The van der Waals surface area contributed by atoms with Gasteiger partial charge in [-0.05, 0) is 51.1 Å². The molecule has 2 N–H and O–H groups in total. The highest BCUT2D eigenvalue weighted by Crippen LogP contribution is 2.21. The van der Waals surface area contributed by atoms with Crippen LogP contribution in [0.3, 0.4) is 0 Å². The standard InChI is InChI=1S/C16H19ClFN3/c1-16(2,3)20-10-11-8-9-19-15(14(11)18)21-13-6-4-12(17)5-7-13/h4-9,20H,10H2,1-3H3,(H,19,21). The first kappa shape index (κ1) is 15.7. The van der Waals surface area contributed by atoms with Gasteiger partial charge in [0.05, 0.1) is 0 Å². The van der Waals surface area contributed by atoms with E-state index in [1.165, 1.54) is 0 Å². The molecule has 112 valence electrons. The normalized spacial score (nSPS) is 11.5. The van der Waals surface area contributed by atoms with E-state index in [9.17, 15) is 4.39 Å². The summed E-state index contributed by atoms with van der Waals surface area (Å²) in [6.07, 6.45) is 1.60. The average Bonchev–Trinajstić information content (AvgIpc) is 2.41. The molecular formula is C16H19ClFN3. The van der Waals surface area contributed by atoms with Crippen molar-refractivity contribution in [1.29, 1.82) is 0 Å². The van der Waals surface area contributed by atoms with Crippen molar-refractivity contribution in [1.82, 2.24) is 10.3 Å². The van der Waals surface area contributed by atoms with Crippen molar-refractivity contribution in [2.24, 2.45) is 0 Å². The van der Waals surface area contributed by atoms with Gasteiger partial charge >= 0.3 is 0 Å². The Morgan fingerprint density at radius 1 is 1.14 bits per heavy atom. The highest BCUT2D eigenvalue weighted by Gasteiger charge is 2.13. The van der Waals surface area contributed by atoms with Crippen LogP contribution in [0.25, 0.3) is 0 Å². The molecule has 21 heavy (non-hydrogen) atoms. The zero-order chi connectivity index (χ0) is 15.5. The first-order chi connectivity index (χ1) is 9.85. The van der Waals surface area contributed by atoms with E-state index in [4.69, 9.17) is 11.6 Å². The van der Waals surface area contributed by atoms with Crippen LogP contribution in [0, 0.1) is 5.82 Å². The maximum absolute atomic E-state index is 14.4. The minimum absolute atomic E-state index is 0.0700. The lowest BCUT2D eigenvalue weighted by Gasteiger charge is -2.21. The summed E-state index contributed by atoms with van der Waals surface area (Å²) in [5.74, 6) is -0.130. The fraction of sp³-hybridized carbons (Fsp3) is 0.312. The van der Waals surface area contributed by atoms with Gasteiger partial charge in [-0.1, -0.05) is 11.6 Å². The van der Waals surface area contributed by atoms with Crippen LogP contribution in [0.4, 0.5) is 15.9 Å². The van der Waals surface area contributed by atoms with E-state index in [0.29, 0.717) is 17.1 Å². The molecule has 0 aliphatic rings. The Labute approximate surface area is 129 Å². The topological polar surface area (TPSA) is 37.0 Å². The zero-order valence-corrected chi connectivity index (χ0v) is 13.1. The number of anilines is 2. The van der Waals surface area contributed by atoms with Crippen LogP contribution in [-0.4, -0.2) is 10.5 Å². The van der Waals surface area contributed by atoms with E-state index in [2.05, 4.69) is 15.6 Å². The van der Waals surface area contributed by atoms with Crippen LogP contribution in [0.1, 0.15) is 26.3 Å². The SMILES string of the molecule is CC(C)(C)NCc1ccnc(Nc2ccc(Cl)cc2)c1F. The minimum Gasteiger partial charge on any atom is -0.338 e. The molecule has 0 spiro atoms. The van der Waals surface area contributed by atoms with Crippen molar-refractivity contribution in [3.63, 3.8) is 0 Å². The Morgan fingerprint density at radius 2 is 1.81 bits per heavy atom. The molecule has 0 aliphatic carbocycles. The van der Waals surface area contributed by atoms with E-state index < -0.39 is 0 Å². The number of nitrogens with zero attached hydrogens (tertiary/aromatic N) is 1. The Balaban J connectivity index is 2.15. The lowest BCUT2D eigenvalue weighted by atomic mass is 10.1. The molecule has 1 aromatic heterocycles. The van der Waals surface area contributed by atoms with Crippen molar-refractivity contribution < 1.29 is 4.39 Å². The van der Waals surface area contributed by atoms with Crippen molar-refractivity contribution in [2.45, 2.75) is 32.9 Å². The van der Waals surface area contributed by atoms with E-state index in [1.807, 2.05) is 20.8 Å². The fourth-order valence-electron chi connectivity index (χ4n) is 1.74. The molecule has 0 radical (unpaired) electrons. The Hall–Kier alpha value is -1.65. The van der Waals surface area contributed by atoms with Gasteiger partial charge in [0.1, 0.15) is 0 Å². The number of rotatable bonds is 4. The first-order valence-corrected chi connectivity index (χ1v) is 7.14. The quantitative estimate of drug-likeness (QED) is 0.873. The van der Waals surface area contributed by atoms with E-state index in [-0.39, 0.29) is 17.2 Å². The highest BCUT2D eigenvalue weighted by atomic mass is 35.5. The molecule has 3 nitrogen and oxygen atoms in total. The average molecular weight is 308 g/mol. The molecule has 0 saturated heterocycles. The van der Waals surface area contributed by atoms with Crippen molar-refractivity contribution >= 4 is 23.1 Å². The summed E-state index contributed by atoms with van der Waals surface area (Å²) in [6, 6.07) is 8.73. The van der Waals surface area contributed by atoms with Gasteiger partial charge in [0.2, 0.25) is 0 Å². The largest absolute Gasteiger partial charge is 0.338 e. The predicted octanol–water partition coefficient (Wildman–Crippen LogP) is 4.51. The Kier molecular flexibility index (Phi) is 4.80. The summed E-state index contributed by atoms with van der Waals surface area (Å²) in [5, 5.41) is 6.87. The van der Waals surface area contributed by atoms with Gasteiger partial charge in [0, 0.05) is 34.6 Å². The number of hydrogen-bond donors (Lipinski definition) is 2. The predicted molar refractivity (Wildman–Crippen MR) is 85.5 cm³/mol. The summed E-state index contributed by atoms with van der Waals surface area (Å²) in [5.41, 5.74) is 1.25. The molecular weight excluding hydrogens is 289 g/mol. The maximum atomic E-state index is 14.4. The van der Waals surface area contributed by atoms with Gasteiger partial charge in [-0.2, -0.15) is 0 Å². The minimum atomic E-state index is -0.343. The molecule has 0 atom stereocenters. The van der Waals surface area contributed by atoms with Crippen molar-refractivity contribution in [3.05, 3.63) is 52.9 Å². The first-order valence-electron chi connectivity index (χ1n) is 6.76. The zero-order valence-electron chi connectivity index (χ0n) is 12.4.